The molecule has 4 rings (SSSR count). The number of nitrogens with one attached hydrogen (secondary N) is 2. The Morgan fingerprint density at radius 3 is 2.31 bits per heavy atom. The number of ether oxygens (including phenoxy) is 1. The molecule has 32 heavy (non-hydrogen) atoms. The van der Waals surface area contributed by atoms with Gasteiger partial charge in [0.25, 0.3) is 5.91 Å². The number of rotatable bonds is 5. The Hall–Kier alpha value is -4.07. The maximum atomic E-state index is 13.0. The smallest absolute Gasteiger partial charge is 0.416 e. The van der Waals surface area contributed by atoms with Gasteiger partial charge in [0.15, 0.2) is 0 Å². The number of fused-ring (bicyclic) bond motifs is 1. The van der Waals surface area contributed by atoms with E-state index in [1.807, 2.05) is 24.3 Å². The number of carbonyl (C=O) groups is 1. The van der Waals surface area contributed by atoms with Crippen LogP contribution in [0.5, 0.6) is 5.75 Å². The van der Waals surface area contributed by atoms with Gasteiger partial charge in [-0.1, -0.05) is 30.3 Å². The number of nitrogens with zero attached hydrogens (tertiary/aromatic N) is 1. The van der Waals surface area contributed by atoms with Crippen molar-refractivity contribution < 1.29 is 22.7 Å². The van der Waals surface area contributed by atoms with Crippen LogP contribution in [-0.2, 0) is 6.18 Å². The number of alkyl halides is 3. The Kier molecular flexibility index (Phi) is 5.68. The van der Waals surface area contributed by atoms with Crippen LogP contribution in [0.1, 0.15) is 15.9 Å². The van der Waals surface area contributed by atoms with Gasteiger partial charge in [-0.3, -0.25) is 4.79 Å². The molecule has 3 aromatic carbocycles. The topological polar surface area (TPSA) is 63.2 Å². The van der Waals surface area contributed by atoms with Crippen LogP contribution in [0.4, 0.5) is 30.4 Å². The molecule has 4 aromatic rings. The number of anilines is 3. The van der Waals surface area contributed by atoms with Crippen LogP contribution < -0.4 is 15.4 Å². The fourth-order valence-electron chi connectivity index (χ4n) is 3.26. The zero-order chi connectivity index (χ0) is 22.7. The molecule has 0 radical (unpaired) electrons. The average Bonchev–Trinajstić information content (AvgIpc) is 2.79. The lowest BCUT2D eigenvalue weighted by atomic mass is 10.1. The summed E-state index contributed by atoms with van der Waals surface area (Å²) >= 11 is 0. The van der Waals surface area contributed by atoms with Crippen molar-refractivity contribution in [3.8, 4) is 5.75 Å². The fourth-order valence-corrected chi connectivity index (χ4v) is 3.26. The maximum Gasteiger partial charge on any atom is 0.416 e. The zero-order valence-electron chi connectivity index (χ0n) is 16.9. The quantitative estimate of drug-likeness (QED) is 0.387. The van der Waals surface area contributed by atoms with Crippen LogP contribution in [0, 0.1) is 0 Å². The Morgan fingerprint density at radius 2 is 1.62 bits per heavy atom. The molecular weight excluding hydrogens is 419 g/mol. The van der Waals surface area contributed by atoms with E-state index in [1.165, 1.54) is 18.3 Å². The standard InChI is InChI=1S/C24H18F3N3O2/c1-32-18-11-9-16(10-12-18)29-22-20-8-3-2-7-19(20)21(14-28-22)23(31)30-17-6-4-5-15(13-17)24(25,26)27/h2-14H,1H3,(H,28,29)(H,30,31). The first-order valence-corrected chi connectivity index (χ1v) is 9.62. The lowest BCUT2D eigenvalue weighted by Crippen LogP contribution is -2.14. The zero-order valence-corrected chi connectivity index (χ0v) is 16.9. The number of amides is 1. The van der Waals surface area contributed by atoms with Gasteiger partial charge >= 0.3 is 6.18 Å². The van der Waals surface area contributed by atoms with Gasteiger partial charge < -0.3 is 15.4 Å². The highest BCUT2D eigenvalue weighted by Gasteiger charge is 2.30. The van der Waals surface area contributed by atoms with Crippen LogP contribution >= 0.6 is 0 Å². The van der Waals surface area contributed by atoms with Crippen LogP contribution in [0.15, 0.2) is 79.0 Å². The van der Waals surface area contributed by atoms with Crippen molar-refractivity contribution >= 4 is 33.9 Å². The normalized spacial score (nSPS) is 11.2. The van der Waals surface area contributed by atoms with Gasteiger partial charge in [0.05, 0.1) is 18.2 Å². The second kappa shape index (κ2) is 8.58. The lowest BCUT2D eigenvalue weighted by molar-refractivity contribution is -0.137. The molecule has 0 fully saturated rings. The molecule has 0 atom stereocenters. The molecule has 0 saturated heterocycles. The van der Waals surface area contributed by atoms with Gasteiger partial charge in [0.2, 0.25) is 0 Å². The van der Waals surface area contributed by atoms with E-state index in [0.717, 1.165) is 23.6 Å². The van der Waals surface area contributed by atoms with Gasteiger partial charge in [0.1, 0.15) is 11.6 Å². The molecule has 0 saturated carbocycles. The van der Waals surface area contributed by atoms with E-state index in [4.69, 9.17) is 4.74 Å². The van der Waals surface area contributed by atoms with E-state index in [1.54, 1.807) is 31.4 Å². The van der Waals surface area contributed by atoms with E-state index in [2.05, 4.69) is 15.6 Å². The van der Waals surface area contributed by atoms with Gasteiger partial charge in [-0.15, -0.1) is 0 Å². The minimum atomic E-state index is -4.50. The maximum absolute atomic E-state index is 13.0. The number of methoxy groups -OCH3 is 1. The highest BCUT2D eigenvalue weighted by Crippen LogP contribution is 2.31. The van der Waals surface area contributed by atoms with Gasteiger partial charge in [0, 0.05) is 23.0 Å². The molecule has 1 aromatic heterocycles. The third-order valence-corrected chi connectivity index (χ3v) is 4.84. The summed E-state index contributed by atoms with van der Waals surface area (Å²) in [6.07, 6.45) is -3.10. The molecule has 5 nitrogen and oxygen atoms in total. The van der Waals surface area contributed by atoms with E-state index in [-0.39, 0.29) is 11.3 Å². The fraction of sp³-hybridized carbons (Fsp3) is 0.0833. The summed E-state index contributed by atoms with van der Waals surface area (Å²) in [6.45, 7) is 0. The molecular formula is C24H18F3N3O2. The summed E-state index contributed by atoms with van der Waals surface area (Å²) in [5.41, 5.74) is 0.245. The van der Waals surface area contributed by atoms with Crippen molar-refractivity contribution in [2.45, 2.75) is 6.18 Å². The molecule has 0 aliphatic heterocycles. The summed E-state index contributed by atoms with van der Waals surface area (Å²) in [4.78, 5) is 17.2. The minimum Gasteiger partial charge on any atom is -0.497 e. The first-order valence-electron chi connectivity index (χ1n) is 9.62. The number of pyridine rings is 1. The average molecular weight is 437 g/mol. The predicted molar refractivity (Wildman–Crippen MR) is 117 cm³/mol. The molecule has 1 heterocycles. The summed E-state index contributed by atoms with van der Waals surface area (Å²) < 4.78 is 44.1. The molecule has 0 spiro atoms. The number of benzene rings is 3. The number of carbonyl (C=O) groups excluding carboxylic acids is 1. The number of hydrogen-bond donors (Lipinski definition) is 2. The highest BCUT2D eigenvalue weighted by atomic mass is 19.4. The second-order valence-corrected chi connectivity index (χ2v) is 6.95. The molecule has 1 amide bonds. The third kappa shape index (κ3) is 4.49. The van der Waals surface area contributed by atoms with E-state index in [9.17, 15) is 18.0 Å². The molecule has 0 bridgehead atoms. The molecule has 0 aliphatic carbocycles. The molecule has 162 valence electrons. The largest absolute Gasteiger partial charge is 0.497 e. The van der Waals surface area contributed by atoms with Crippen molar-refractivity contribution in [2.75, 3.05) is 17.7 Å². The molecule has 8 heteroatoms. The summed E-state index contributed by atoms with van der Waals surface area (Å²) in [7, 11) is 1.58. The molecule has 0 unspecified atom stereocenters. The van der Waals surface area contributed by atoms with E-state index >= 15 is 0 Å². The monoisotopic (exact) mass is 437 g/mol. The number of hydrogen-bond acceptors (Lipinski definition) is 4. The van der Waals surface area contributed by atoms with Gasteiger partial charge in [-0.2, -0.15) is 13.2 Å². The van der Waals surface area contributed by atoms with E-state index < -0.39 is 17.6 Å². The Bertz CT molecular complexity index is 1270. The molecule has 0 aliphatic rings. The Morgan fingerprint density at radius 1 is 0.906 bits per heavy atom. The van der Waals surface area contributed by atoms with Crippen LogP contribution in [0.3, 0.4) is 0 Å². The van der Waals surface area contributed by atoms with Crippen LogP contribution in [0.25, 0.3) is 10.8 Å². The highest BCUT2D eigenvalue weighted by molar-refractivity contribution is 6.14. The second-order valence-electron chi connectivity index (χ2n) is 6.95. The Balaban J connectivity index is 1.64. The predicted octanol–water partition coefficient (Wildman–Crippen LogP) is 6.26. The number of halogens is 3. The van der Waals surface area contributed by atoms with Crippen molar-refractivity contribution in [3.63, 3.8) is 0 Å². The summed E-state index contributed by atoms with van der Waals surface area (Å²) in [5, 5.41) is 7.05. The lowest BCUT2D eigenvalue weighted by Gasteiger charge is -2.13. The molecule has 2 N–H and O–H groups in total. The minimum absolute atomic E-state index is 0.0503. The SMILES string of the molecule is COc1ccc(Nc2ncc(C(=O)Nc3cccc(C(F)(F)F)c3)c3ccccc23)cc1. The van der Waals surface area contributed by atoms with Crippen molar-refractivity contribution in [1.82, 2.24) is 4.98 Å². The van der Waals surface area contributed by atoms with Gasteiger partial charge in [-0.25, -0.2) is 4.98 Å². The third-order valence-electron chi connectivity index (χ3n) is 4.84. The van der Waals surface area contributed by atoms with Crippen molar-refractivity contribution in [2.24, 2.45) is 0 Å². The van der Waals surface area contributed by atoms with Crippen molar-refractivity contribution in [3.05, 3.63) is 90.1 Å². The first-order chi connectivity index (χ1) is 15.3. The summed E-state index contributed by atoms with van der Waals surface area (Å²) in [6, 6.07) is 19.0. The summed E-state index contributed by atoms with van der Waals surface area (Å²) in [5.74, 6) is 0.709. The van der Waals surface area contributed by atoms with Crippen LogP contribution in [0.2, 0.25) is 0 Å². The van der Waals surface area contributed by atoms with E-state index in [0.29, 0.717) is 16.6 Å². The number of aromatic nitrogens is 1. The first kappa shape index (κ1) is 21.2. The van der Waals surface area contributed by atoms with Crippen molar-refractivity contribution in [1.29, 1.82) is 0 Å². The van der Waals surface area contributed by atoms with Gasteiger partial charge in [-0.05, 0) is 47.9 Å². The van der Waals surface area contributed by atoms with Crippen LogP contribution in [-0.4, -0.2) is 18.0 Å². The Labute approximate surface area is 181 Å².